The monoisotopic (exact) mass is 509 g/mol. The maximum absolute atomic E-state index is 13.3. The Bertz CT molecular complexity index is 884. The van der Waals surface area contributed by atoms with Gasteiger partial charge in [-0.1, -0.05) is 0 Å². The van der Waals surface area contributed by atoms with Crippen LogP contribution in [0.5, 0.6) is 0 Å². The maximum atomic E-state index is 13.3. The van der Waals surface area contributed by atoms with Crippen molar-refractivity contribution < 1.29 is 52.7 Å². The lowest BCUT2D eigenvalue weighted by atomic mass is 9.81. The second-order valence-electron chi connectivity index (χ2n) is 7.86. The molecular weight excluding hydrogens is 494 g/mol. The number of nitrogens with one attached hydrogen (secondary N) is 1. The largest absolute Gasteiger partial charge is 0.416 e. The Hall–Kier alpha value is -2.44. The minimum Gasteiger partial charge on any atom is -0.313 e. The highest BCUT2D eigenvalue weighted by atomic mass is 19.4. The second-order valence-corrected chi connectivity index (χ2v) is 7.86. The van der Waals surface area contributed by atoms with Crippen LogP contribution in [0.3, 0.4) is 0 Å². The number of halogens is 12. The second kappa shape index (κ2) is 8.65. The van der Waals surface area contributed by atoms with E-state index in [0.29, 0.717) is 30.7 Å². The van der Waals surface area contributed by atoms with Gasteiger partial charge in [0.25, 0.3) is 0 Å². The molecule has 1 aliphatic heterocycles. The molecule has 34 heavy (non-hydrogen) atoms. The van der Waals surface area contributed by atoms with Gasteiger partial charge in [0.2, 0.25) is 0 Å². The molecule has 0 amide bonds. The lowest BCUT2D eigenvalue weighted by Crippen LogP contribution is -2.30. The molecule has 1 unspecified atom stereocenters. The fourth-order valence-electron chi connectivity index (χ4n) is 3.97. The minimum atomic E-state index is -5.24. The Labute approximate surface area is 184 Å². The molecule has 1 saturated heterocycles. The van der Waals surface area contributed by atoms with Gasteiger partial charge in [0, 0.05) is 12.0 Å². The summed E-state index contributed by atoms with van der Waals surface area (Å²) in [6.45, 7) is 0.233. The van der Waals surface area contributed by atoms with Crippen molar-refractivity contribution in [1.29, 1.82) is 0 Å². The summed E-state index contributed by atoms with van der Waals surface area (Å²) < 4.78 is 160. The van der Waals surface area contributed by atoms with Gasteiger partial charge in [0.05, 0.1) is 22.3 Å². The van der Waals surface area contributed by atoms with Gasteiger partial charge in [-0.05, 0) is 66.9 Å². The quantitative estimate of drug-likeness (QED) is 0.420. The van der Waals surface area contributed by atoms with Crippen LogP contribution < -0.4 is 5.32 Å². The van der Waals surface area contributed by atoms with E-state index in [0.717, 1.165) is 0 Å². The van der Waals surface area contributed by atoms with Gasteiger partial charge >= 0.3 is 24.7 Å². The first-order valence-electron chi connectivity index (χ1n) is 9.69. The van der Waals surface area contributed by atoms with Crippen LogP contribution in [-0.2, 0) is 24.7 Å². The van der Waals surface area contributed by atoms with Crippen molar-refractivity contribution in [2.75, 3.05) is 6.54 Å². The molecule has 2 aromatic rings. The normalized spacial score (nSPS) is 18.1. The van der Waals surface area contributed by atoms with E-state index in [1.165, 1.54) is 0 Å². The summed E-state index contributed by atoms with van der Waals surface area (Å²) in [5, 5.41) is 2.76. The van der Waals surface area contributed by atoms with Crippen LogP contribution in [0.2, 0.25) is 0 Å². The van der Waals surface area contributed by atoms with Crippen molar-refractivity contribution in [3.8, 4) is 0 Å². The molecule has 0 saturated carbocycles. The highest BCUT2D eigenvalue weighted by molar-refractivity contribution is 5.45. The first-order valence-corrected chi connectivity index (χ1v) is 9.69. The van der Waals surface area contributed by atoms with Crippen LogP contribution in [0.1, 0.15) is 52.1 Å². The lowest BCUT2D eigenvalue weighted by Gasteiger charge is -2.28. The Balaban J connectivity index is 2.32. The predicted molar refractivity (Wildman–Crippen MR) is 95.8 cm³/mol. The third-order valence-corrected chi connectivity index (χ3v) is 5.44. The average Bonchev–Trinajstić information content (AvgIpc) is 3.19. The zero-order chi connectivity index (χ0) is 25.7. The van der Waals surface area contributed by atoms with Crippen LogP contribution in [0.15, 0.2) is 36.4 Å². The van der Waals surface area contributed by atoms with Crippen LogP contribution in [-0.4, -0.2) is 12.6 Å². The van der Waals surface area contributed by atoms with E-state index in [-0.39, 0.29) is 25.1 Å². The summed E-state index contributed by atoms with van der Waals surface area (Å²) in [4.78, 5) is 0. The molecule has 0 aliphatic carbocycles. The Morgan fingerprint density at radius 3 is 1.12 bits per heavy atom. The molecule has 1 aliphatic rings. The van der Waals surface area contributed by atoms with E-state index in [1.807, 2.05) is 0 Å². The van der Waals surface area contributed by atoms with Crippen molar-refractivity contribution in [1.82, 2.24) is 5.32 Å². The smallest absolute Gasteiger partial charge is 0.313 e. The van der Waals surface area contributed by atoms with E-state index in [2.05, 4.69) is 5.32 Å². The summed E-state index contributed by atoms with van der Waals surface area (Å²) >= 11 is 0. The van der Waals surface area contributed by atoms with E-state index in [9.17, 15) is 52.7 Å². The first kappa shape index (κ1) is 26.2. The van der Waals surface area contributed by atoms with Gasteiger partial charge in [-0.3, -0.25) is 0 Å². The fraction of sp³-hybridized carbons (Fsp3) is 0.429. The molecule has 0 aromatic heterocycles. The van der Waals surface area contributed by atoms with Gasteiger partial charge in [-0.25, -0.2) is 0 Å². The van der Waals surface area contributed by atoms with E-state index >= 15 is 0 Å². The van der Waals surface area contributed by atoms with Crippen molar-refractivity contribution >= 4 is 0 Å². The standard InChI is InChI=1S/C21H15F12N/c22-18(23,24)12-4-10(5-13(8-12)19(25,26)27)17(16-2-1-3-34-16)11-6-14(20(28,29)30)9-15(7-11)21(31,32)33/h4-9,16-17,34H,1-3H2. The van der Waals surface area contributed by atoms with Crippen molar-refractivity contribution in [3.63, 3.8) is 0 Å². The summed E-state index contributed by atoms with van der Waals surface area (Å²) in [5.74, 6) is -1.64. The van der Waals surface area contributed by atoms with Gasteiger partial charge in [-0.15, -0.1) is 0 Å². The van der Waals surface area contributed by atoms with E-state index < -0.39 is 70.0 Å². The highest BCUT2D eigenvalue weighted by Crippen LogP contribution is 2.43. The van der Waals surface area contributed by atoms with Crippen molar-refractivity contribution in [2.45, 2.75) is 49.5 Å². The lowest BCUT2D eigenvalue weighted by molar-refractivity contribution is -0.144. The predicted octanol–water partition coefficient (Wildman–Crippen LogP) is 7.65. The Morgan fingerprint density at radius 2 is 0.882 bits per heavy atom. The zero-order valence-corrected chi connectivity index (χ0v) is 16.8. The van der Waals surface area contributed by atoms with Crippen molar-refractivity contribution in [3.05, 3.63) is 69.8 Å². The molecule has 0 spiro atoms. The Morgan fingerprint density at radius 1 is 0.559 bits per heavy atom. The molecule has 0 bridgehead atoms. The first-order chi connectivity index (χ1) is 15.4. The molecule has 1 heterocycles. The third-order valence-electron chi connectivity index (χ3n) is 5.44. The molecule has 1 fully saturated rings. The van der Waals surface area contributed by atoms with Gasteiger partial charge in [0.15, 0.2) is 0 Å². The number of benzene rings is 2. The van der Waals surface area contributed by atoms with Crippen LogP contribution in [0, 0.1) is 0 Å². The Kier molecular flexibility index (Phi) is 6.66. The SMILES string of the molecule is FC(F)(F)c1cc(C(c2cc(C(F)(F)F)cc(C(F)(F)F)c2)C2CCCN2)cc(C(F)(F)F)c1. The molecule has 2 aromatic carbocycles. The minimum absolute atomic E-state index is 0.111. The topological polar surface area (TPSA) is 12.0 Å². The number of hydrogen-bond donors (Lipinski definition) is 1. The van der Waals surface area contributed by atoms with Crippen LogP contribution in [0.4, 0.5) is 52.7 Å². The van der Waals surface area contributed by atoms with Crippen molar-refractivity contribution in [2.24, 2.45) is 0 Å². The fourth-order valence-corrected chi connectivity index (χ4v) is 3.97. The number of rotatable bonds is 3. The molecule has 1 nitrogen and oxygen atoms in total. The number of hydrogen-bond acceptors (Lipinski definition) is 1. The highest BCUT2D eigenvalue weighted by Gasteiger charge is 2.41. The molecule has 3 rings (SSSR count). The maximum Gasteiger partial charge on any atom is 0.416 e. The van der Waals surface area contributed by atoms with Crippen LogP contribution in [0.25, 0.3) is 0 Å². The van der Waals surface area contributed by atoms with Crippen LogP contribution >= 0.6 is 0 Å². The van der Waals surface area contributed by atoms with Gasteiger partial charge in [-0.2, -0.15) is 52.7 Å². The summed E-state index contributed by atoms with van der Waals surface area (Å²) in [7, 11) is 0. The number of alkyl halides is 12. The summed E-state index contributed by atoms with van der Waals surface area (Å²) in [6.07, 6.45) is -20.5. The molecule has 13 heteroatoms. The summed E-state index contributed by atoms with van der Waals surface area (Å²) in [5.41, 5.74) is -8.28. The third kappa shape index (κ3) is 5.78. The van der Waals surface area contributed by atoms with E-state index in [1.54, 1.807) is 0 Å². The summed E-state index contributed by atoms with van der Waals surface area (Å²) in [6, 6.07) is 0.00206. The molecule has 1 N–H and O–H groups in total. The molecular formula is C21H15F12N. The molecule has 0 radical (unpaired) electrons. The molecule has 1 atom stereocenters. The van der Waals surface area contributed by atoms with Gasteiger partial charge in [0.1, 0.15) is 0 Å². The van der Waals surface area contributed by atoms with E-state index in [4.69, 9.17) is 0 Å². The zero-order valence-electron chi connectivity index (χ0n) is 16.8. The average molecular weight is 509 g/mol. The van der Waals surface area contributed by atoms with Gasteiger partial charge < -0.3 is 5.32 Å². The molecule has 188 valence electrons.